The van der Waals surface area contributed by atoms with Crippen molar-refractivity contribution in [3.8, 4) is 11.8 Å². The van der Waals surface area contributed by atoms with E-state index in [4.69, 9.17) is 5.11 Å². The lowest BCUT2D eigenvalue weighted by molar-refractivity contribution is 0.102. The maximum Gasteiger partial charge on any atom is 0.258 e. The van der Waals surface area contributed by atoms with Crippen LogP contribution >= 0.6 is 0 Å². The van der Waals surface area contributed by atoms with Crippen molar-refractivity contribution in [1.29, 1.82) is 0 Å². The van der Waals surface area contributed by atoms with Gasteiger partial charge in [0.15, 0.2) is 0 Å². The van der Waals surface area contributed by atoms with E-state index in [1.165, 1.54) is 23.0 Å². The van der Waals surface area contributed by atoms with E-state index < -0.39 is 5.82 Å². The van der Waals surface area contributed by atoms with Crippen molar-refractivity contribution in [2.24, 2.45) is 7.05 Å². The number of aliphatic hydroxyl groups excluding tert-OH is 1. The standard InChI is InChI=1S/C14H12FN3O2/c1-18-9-11(8-16-18)14(20)17-12-5-4-10(3-2-6-19)13(15)7-12/h4-5,7-9,19H,6H2,1H3,(H,17,20). The molecule has 1 aromatic carbocycles. The molecule has 102 valence electrons. The number of aromatic nitrogens is 2. The van der Waals surface area contributed by atoms with Gasteiger partial charge in [0.05, 0.1) is 17.3 Å². The van der Waals surface area contributed by atoms with Crippen molar-refractivity contribution in [3.05, 3.63) is 47.5 Å². The quantitative estimate of drug-likeness (QED) is 0.807. The van der Waals surface area contributed by atoms with Crippen LogP contribution in [0.2, 0.25) is 0 Å². The molecule has 6 heteroatoms. The average molecular weight is 273 g/mol. The molecule has 0 aliphatic carbocycles. The minimum atomic E-state index is -0.560. The maximum atomic E-state index is 13.7. The van der Waals surface area contributed by atoms with E-state index >= 15 is 0 Å². The lowest BCUT2D eigenvalue weighted by Crippen LogP contribution is -2.11. The van der Waals surface area contributed by atoms with Crippen LogP contribution in [0, 0.1) is 17.7 Å². The summed E-state index contributed by atoms with van der Waals surface area (Å²) in [5, 5.41) is 15.0. The zero-order valence-electron chi connectivity index (χ0n) is 10.7. The van der Waals surface area contributed by atoms with E-state index in [-0.39, 0.29) is 18.1 Å². The van der Waals surface area contributed by atoms with E-state index in [2.05, 4.69) is 22.3 Å². The van der Waals surface area contributed by atoms with Crippen molar-refractivity contribution in [2.45, 2.75) is 0 Å². The Morgan fingerprint density at radius 2 is 2.35 bits per heavy atom. The number of carbonyl (C=O) groups excluding carboxylic acids is 1. The van der Waals surface area contributed by atoms with Crippen LogP contribution in [0.15, 0.2) is 30.6 Å². The number of nitrogens with one attached hydrogen (secondary N) is 1. The van der Waals surface area contributed by atoms with E-state index in [0.29, 0.717) is 11.3 Å². The first-order valence-electron chi connectivity index (χ1n) is 5.79. The molecule has 2 aromatic rings. The number of hydrogen-bond acceptors (Lipinski definition) is 3. The largest absolute Gasteiger partial charge is 0.384 e. The SMILES string of the molecule is Cn1cc(C(=O)Nc2ccc(C#CCO)c(F)c2)cn1. The number of rotatable bonds is 2. The van der Waals surface area contributed by atoms with Gasteiger partial charge in [-0.05, 0) is 18.2 Å². The van der Waals surface area contributed by atoms with Crippen molar-refractivity contribution >= 4 is 11.6 Å². The molecule has 0 aliphatic heterocycles. The zero-order chi connectivity index (χ0) is 14.5. The molecule has 2 rings (SSSR count). The fourth-order valence-electron chi connectivity index (χ4n) is 1.57. The summed E-state index contributed by atoms with van der Waals surface area (Å²) in [4.78, 5) is 11.8. The van der Waals surface area contributed by atoms with Gasteiger partial charge in [-0.25, -0.2) is 4.39 Å². The molecule has 0 fully saturated rings. The summed E-state index contributed by atoms with van der Waals surface area (Å²) in [5.74, 6) is 3.91. The van der Waals surface area contributed by atoms with Gasteiger partial charge in [-0.15, -0.1) is 0 Å². The third kappa shape index (κ3) is 3.22. The van der Waals surface area contributed by atoms with Gasteiger partial charge in [0.1, 0.15) is 12.4 Å². The predicted molar refractivity (Wildman–Crippen MR) is 71.5 cm³/mol. The Balaban J connectivity index is 2.14. The molecule has 2 N–H and O–H groups in total. The molecule has 0 saturated heterocycles. The Hall–Kier alpha value is -2.65. The first-order valence-corrected chi connectivity index (χ1v) is 5.79. The third-order valence-corrected chi connectivity index (χ3v) is 2.50. The van der Waals surface area contributed by atoms with Gasteiger partial charge in [-0.3, -0.25) is 9.48 Å². The second kappa shape index (κ2) is 5.99. The maximum absolute atomic E-state index is 13.7. The molecule has 0 spiro atoms. The minimum Gasteiger partial charge on any atom is -0.384 e. The first-order chi connectivity index (χ1) is 9.60. The highest BCUT2D eigenvalue weighted by molar-refractivity contribution is 6.03. The topological polar surface area (TPSA) is 67.2 Å². The third-order valence-electron chi connectivity index (χ3n) is 2.50. The van der Waals surface area contributed by atoms with Crippen LogP contribution in [0.5, 0.6) is 0 Å². The minimum absolute atomic E-state index is 0.165. The number of carbonyl (C=O) groups is 1. The summed E-state index contributed by atoms with van der Waals surface area (Å²) >= 11 is 0. The number of hydrogen-bond donors (Lipinski definition) is 2. The van der Waals surface area contributed by atoms with Crippen LogP contribution in [0.1, 0.15) is 15.9 Å². The Morgan fingerprint density at radius 3 is 2.95 bits per heavy atom. The molecule has 0 bridgehead atoms. The number of benzene rings is 1. The number of nitrogens with zero attached hydrogens (tertiary/aromatic N) is 2. The highest BCUT2D eigenvalue weighted by Crippen LogP contribution is 2.14. The molecular weight excluding hydrogens is 261 g/mol. The molecule has 1 amide bonds. The first kappa shape index (κ1) is 13.8. The van der Waals surface area contributed by atoms with Crippen LogP contribution < -0.4 is 5.32 Å². The average Bonchev–Trinajstić information content (AvgIpc) is 2.85. The summed E-state index contributed by atoms with van der Waals surface area (Å²) in [6.45, 7) is -0.334. The Labute approximate surface area is 115 Å². The van der Waals surface area contributed by atoms with Crippen LogP contribution in [-0.4, -0.2) is 27.4 Å². The molecule has 0 aliphatic rings. The van der Waals surface area contributed by atoms with Crippen LogP contribution in [0.3, 0.4) is 0 Å². The van der Waals surface area contributed by atoms with Gasteiger partial charge in [-0.1, -0.05) is 11.8 Å². The molecular formula is C14H12FN3O2. The fraction of sp³-hybridized carbons (Fsp3) is 0.143. The molecule has 5 nitrogen and oxygen atoms in total. The number of aryl methyl sites for hydroxylation is 1. The van der Waals surface area contributed by atoms with Gasteiger partial charge in [0.2, 0.25) is 0 Å². The fourth-order valence-corrected chi connectivity index (χ4v) is 1.57. The van der Waals surface area contributed by atoms with E-state index in [9.17, 15) is 9.18 Å². The number of aliphatic hydroxyl groups is 1. The molecule has 1 aromatic heterocycles. The summed E-state index contributed by atoms with van der Waals surface area (Å²) in [6.07, 6.45) is 2.99. The lowest BCUT2D eigenvalue weighted by Gasteiger charge is -2.04. The molecule has 1 heterocycles. The van der Waals surface area contributed by atoms with Gasteiger partial charge < -0.3 is 10.4 Å². The predicted octanol–water partition coefficient (Wildman–Crippen LogP) is 1.16. The van der Waals surface area contributed by atoms with Crippen molar-refractivity contribution in [3.63, 3.8) is 0 Å². The Kier molecular flexibility index (Phi) is 4.13. The molecule has 0 unspecified atom stereocenters. The molecule has 20 heavy (non-hydrogen) atoms. The lowest BCUT2D eigenvalue weighted by atomic mass is 10.2. The summed E-state index contributed by atoms with van der Waals surface area (Å²) in [5.41, 5.74) is 0.876. The normalized spacial score (nSPS) is 9.75. The zero-order valence-corrected chi connectivity index (χ0v) is 10.7. The summed E-state index contributed by atoms with van der Waals surface area (Å²) in [6, 6.07) is 4.16. The second-order valence-corrected chi connectivity index (χ2v) is 4.01. The second-order valence-electron chi connectivity index (χ2n) is 4.01. The van der Waals surface area contributed by atoms with Crippen LogP contribution in [0.25, 0.3) is 0 Å². The van der Waals surface area contributed by atoms with E-state index in [1.807, 2.05) is 0 Å². The van der Waals surface area contributed by atoms with E-state index in [0.717, 1.165) is 0 Å². The summed E-state index contributed by atoms with van der Waals surface area (Å²) in [7, 11) is 1.70. The van der Waals surface area contributed by atoms with Crippen molar-refractivity contribution in [1.82, 2.24) is 9.78 Å². The summed E-state index contributed by atoms with van der Waals surface area (Å²) < 4.78 is 15.2. The van der Waals surface area contributed by atoms with Gasteiger partial charge in [0.25, 0.3) is 5.91 Å². The molecule has 0 radical (unpaired) electrons. The highest BCUT2D eigenvalue weighted by Gasteiger charge is 2.09. The molecule has 0 atom stereocenters. The van der Waals surface area contributed by atoms with Crippen molar-refractivity contribution in [2.75, 3.05) is 11.9 Å². The van der Waals surface area contributed by atoms with Gasteiger partial charge in [0, 0.05) is 18.9 Å². The Bertz CT molecular complexity index is 698. The number of amides is 1. The Morgan fingerprint density at radius 1 is 1.55 bits per heavy atom. The van der Waals surface area contributed by atoms with Gasteiger partial charge in [-0.2, -0.15) is 5.10 Å². The number of halogens is 1. The van der Waals surface area contributed by atoms with Crippen LogP contribution in [-0.2, 0) is 7.05 Å². The van der Waals surface area contributed by atoms with Gasteiger partial charge >= 0.3 is 0 Å². The number of anilines is 1. The molecule has 0 saturated carbocycles. The van der Waals surface area contributed by atoms with Crippen LogP contribution in [0.4, 0.5) is 10.1 Å². The van der Waals surface area contributed by atoms with E-state index in [1.54, 1.807) is 19.3 Å². The highest BCUT2D eigenvalue weighted by atomic mass is 19.1. The smallest absolute Gasteiger partial charge is 0.258 e. The monoisotopic (exact) mass is 273 g/mol. The van der Waals surface area contributed by atoms with Crippen molar-refractivity contribution < 1.29 is 14.3 Å².